The predicted molar refractivity (Wildman–Crippen MR) is 59.0 cm³/mol. The van der Waals surface area contributed by atoms with Gasteiger partial charge in [0.2, 0.25) is 0 Å². The van der Waals surface area contributed by atoms with E-state index in [0.717, 1.165) is 5.56 Å². The van der Waals surface area contributed by atoms with Crippen LogP contribution in [0.5, 0.6) is 0 Å². The number of esters is 1. The van der Waals surface area contributed by atoms with E-state index in [0.29, 0.717) is 6.61 Å². The van der Waals surface area contributed by atoms with E-state index in [1.807, 2.05) is 0 Å². The summed E-state index contributed by atoms with van der Waals surface area (Å²) in [7, 11) is 0. The predicted octanol–water partition coefficient (Wildman–Crippen LogP) is 1.39. The molecule has 0 spiro atoms. The average Bonchev–Trinajstić information content (AvgIpc) is 2.30. The molecule has 0 aliphatic heterocycles. The highest BCUT2D eigenvalue weighted by Crippen LogP contribution is 1.92. The van der Waals surface area contributed by atoms with Crippen LogP contribution in [0.2, 0.25) is 0 Å². The lowest BCUT2D eigenvalue weighted by molar-refractivity contribution is -0.144. The number of ether oxygens (including phenoxy) is 1. The van der Waals surface area contributed by atoms with Crippen LogP contribution in [0.1, 0.15) is 18.9 Å². The van der Waals surface area contributed by atoms with E-state index in [9.17, 15) is 4.79 Å². The Labute approximate surface area is 94.1 Å². The monoisotopic (exact) mass is 222 g/mol. The van der Waals surface area contributed by atoms with E-state index in [1.165, 1.54) is 0 Å². The maximum Gasteiger partial charge on any atom is 0.309 e. The van der Waals surface area contributed by atoms with Crippen LogP contribution in [-0.4, -0.2) is 30.4 Å². The normalized spacial score (nSPS) is 10.3. The molecule has 0 aliphatic rings. The van der Waals surface area contributed by atoms with Crippen LogP contribution >= 0.6 is 0 Å². The van der Waals surface area contributed by atoms with Gasteiger partial charge in [-0.05, 0) is 24.6 Å². The Morgan fingerprint density at radius 3 is 2.94 bits per heavy atom. The average molecular weight is 222 g/mol. The number of aromatic nitrogens is 1. The maximum atomic E-state index is 10.9. The maximum absolute atomic E-state index is 10.9. The molecule has 0 bridgehead atoms. The summed E-state index contributed by atoms with van der Waals surface area (Å²) in [4.78, 5) is 19.7. The number of hydrogen-bond donors (Lipinski definition) is 0. The zero-order valence-electron chi connectivity index (χ0n) is 9.13. The van der Waals surface area contributed by atoms with Crippen molar-refractivity contribution in [1.82, 2.24) is 4.98 Å². The first kappa shape index (κ1) is 12.2. The smallest absolute Gasteiger partial charge is 0.309 e. The number of carbonyl (C=O) groups is 1. The van der Waals surface area contributed by atoms with Gasteiger partial charge in [0.25, 0.3) is 0 Å². The molecule has 1 heterocycles. The standard InChI is InChI=1S/C11H14N2O3/c1-2-15-11(14)5-8-16-13-9-10-3-6-12-7-4-10/h3-4,6-7,9H,2,5,8H2,1H3/b13-9-. The molecule has 0 aliphatic carbocycles. The molecule has 0 atom stereocenters. The fourth-order valence-corrected chi connectivity index (χ4v) is 0.962. The zero-order valence-corrected chi connectivity index (χ0v) is 9.13. The number of carbonyl (C=O) groups excluding carboxylic acids is 1. The fraction of sp³-hybridized carbons (Fsp3) is 0.364. The van der Waals surface area contributed by atoms with E-state index in [-0.39, 0.29) is 19.0 Å². The molecule has 1 rings (SSSR count). The number of hydrogen-bond acceptors (Lipinski definition) is 5. The first-order chi connectivity index (χ1) is 7.83. The first-order valence-electron chi connectivity index (χ1n) is 5.04. The van der Waals surface area contributed by atoms with Gasteiger partial charge < -0.3 is 9.57 Å². The highest BCUT2D eigenvalue weighted by atomic mass is 16.6. The van der Waals surface area contributed by atoms with Gasteiger partial charge >= 0.3 is 5.97 Å². The van der Waals surface area contributed by atoms with E-state index in [4.69, 9.17) is 9.57 Å². The van der Waals surface area contributed by atoms with Crippen molar-refractivity contribution in [3.8, 4) is 0 Å². The van der Waals surface area contributed by atoms with Crippen molar-refractivity contribution in [2.45, 2.75) is 13.3 Å². The third-order valence-corrected chi connectivity index (χ3v) is 1.69. The Hall–Kier alpha value is -1.91. The highest BCUT2D eigenvalue weighted by Gasteiger charge is 1.99. The molecule has 5 nitrogen and oxygen atoms in total. The Morgan fingerprint density at radius 2 is 2.25 bits per heavy atom. The van der Waals surface area contributed by atoms with Gasteiger partial charge in [0, 0.05) is 12.4 Å². The summed E-state index contributed by atoms with van der Waals surface area (Å²) in [5.74, 6) is -0.276. The molecule has 5 heteroatoms. The van der Waals surface area contributed by atoms with Gasteiger partial charge in [0.15, 0.2) is 0 Å². The summed E-state index contributed by atoms with van der Waals surface area (Å²) in [6, 6.07) is 3.61. The van der Waals surface area contributed by atoms with Crippen molar-refractivity contribution >= 4 is 12.2 Å². The lowest BCUT2D eigenvalue weighted by Gasteiger charge is -2.00. The third-order valence-electron chi connectivity index (χ3n) is 1.69. The first-order valence-corrected chi connectivity index (χ1v) is 5.04. The van der Waals surface area contributed by atoms with Gasteiger partial charge in [-0.3, -0.25) is 9.78 Å². The second-order valence-corrected chi connectivity index (χ2v) is 2.90. The summed E-state index contributed by atoms with van der Waals surface area (Å²) in [6.07, 6.45) is 5.11. The van der Waals surface area contributed by atoms with Crippen molar-refractivity contribution in [1.29, 1.82) is 0 Å². The highest BCUT2D eigenvalue weighted by molar-refractivity contribution is 5.78. The zero-order chi connectivity index (χ0) is 11.6. The van der Waals surface area contributed by atoms with Crippen LogP contribution in [0.3, 0.4) is 0 Å². The van der Waals surface area contributed by atoms with Gasteiger partial charge in [-0.25, -0.2) is 0 Å². The van der Waals surface area contributed by atoms with Crippen molar-refractivity contribution in [2.75, 3.05) is 13.2 Å². The summed E-state index contributed by atoms with van der Waals surface area (Å²) >= 11 is 0. The van der Waals surface area contributed by atoms with Crippen molar-refractivity contribution in [3.05, 3.63) is 30.1 Å². The third kappa shape index (κ3) is 5.09. The molecule has 16 heavy (non-hydrogen) atoms. The lowest BCUT2D eigenvalue weighted by atomic mass is 10.3. The Morgan fingerprint density at radius 1 is 1.50 bits per heavy atom. The Kier molecular flexibility index (Phi) is 5.62. The molecule has 0 fully saturated rings. The van der Waals surface area contributed by atoms with E-state index >= 15 is 0 Å². The molecule has 86 valence electrons. The summed E-state index contributed by atoms with van der Waals surface area (Å²) in [6.45, 7) is 2.37. The SMILES string of the molecule is CCOC(=O)CCO/N=C\c1ccncc1. The Balaban J connectivity index is 2.16. The second kappa shape index (κ2) is 7.39. The van der Waals surface area contributed by atoms with Crippen LogP contribution in [0, 0.1) is 0 Å². The Bertz CT molecular complexity index is 338. The van der Waals surface area contributed by atoms with Gasteiger partial charge in [0.1, 0.15) is 6.61 Å². The van der Waals surface area contributed by atoms with Crippen molar-refractivity contribution < 1.29 is 14.4 Å². The molecule has 0 radical (unpaired) electrons. The molecule has 0 amide bonds. The molecule has 0 saturated heterocycles. The minimum absolute atomic E-state index is 0.210. The number of oxime groups is 1. The minimum Gasteiger partial charge on any atom is -0.466 e. The van der Waals surface area contributed by atoms with Gasteiger partial charge in [-0.1, -0.05) is 5.16 Å². The molecule has 0 aromatic carbocycles. The molecule has 1 aromatic heterocycles. The molecular formula is C11H14N2O3. The van der Waals surface area contributed by atoms with Crippen LogP contribution in [0.15, 0.2) is 29.7 Å². The van der Waals surface area contributed by atoms with Gasteiger partial charge in [-0.15, -0.1) is 0 Å². The quantitative estimate of drug-likeness (QED) is 0.316. The molecule has 0 unspecified atom stereocenters. The summed E-state index contributed by atoms with van der Waals surface area (Å²) in [5.41, 5.74) is 0.895. The van der Waals surface area contributed by atoms with E-state index in [1.54, 1.807) is 37.7 Å². The lowest BCUT2D eigenvalue weighted by Crippen LogP contribution is -2.06. The van der Waals surface area contributed by atoms with Crippen LogP contribution in [-0.2, 0) is 14.4 Å². The summed E-state index contributed by atoms with van der Waals surface area (Å²) in [5, 5.41) is 3.71. The second-order valence-electron chi connectivity index (χ2n) is 2.90. The van der Waals surface area contributed by atoms with Crippen LogP contribution in [0.4, 0.5) is 0 Å². The van der Waals surface area contributed by atoms with Crippen LogP contribution in [0.25, 0.3) is 0 Å². The van der Waals surface area contributed by atoms with Gasteiger partial charge in [0.05, 0.1) is 19.2 Å². The molecule has 1 aromatic rings. The topological polar surface area (TPSA) is 60.8 Å². The minimum atomic E-state index is -0.276. The van der Waals surface area contributed by atoms with Crippen LogP contribution < -0.4 is 0 Å². The van der Waals surface area contributed by atoms with Crippen molar-refractivity contribution in [2.24, 2.45) is 5.16 Å². The largest absolute Gasteiger partial charge is 0.466 e. The van der Waals surface area contributed by atoms with E-state index < -0.39 is 0 Å². The number of pyridine rings is 1. The van der Waals surface area contributed by atoms with E-state index in [2.05, 4.69) is 10.1 Å². The molecular weight excluding hydrogens is 208 g/mol. The number of rotatable bonds is 6. The summed E-state index contributed by atoms with van der Waals surface area (Å²) < 4.78 is 4.73. The van der Waals surface area contributed by atoms with Crippen molar-refractivity contribution in [3.63, 3.8) is 0 Å². The van der Waals surface area contributed by atoms with Gasteiger partial charge in [-0.2, -0.15) is 0 Å². The molecule has 0 N–H and O–H groups in total. The number of nitrogens with zero attached hydrogens (tertiary/aromatic N) is 2. The molecule has 0 saturated carbocycles. The fourth-order valence-electron chi connectivity index (χ4n) is 0.962.